The third kappa shape index (κ3) is 4.81. The average Bonchev–Trinajstić information content (AvgIpc) is 3.46. The van der Waals surface area contributed by atoms with Crippen LogP contribution in [0.1, 0.15) is 58.8 Å². The van der Waals surface area contributed by atoms with Crippen molar-refractivity contribution in [3.05, 3.63) is 6.07 Å². The van der Waals surface area contributed by atoms with Crippen LogP contribution in [0, 0.1) is 5.92 Å². The van der Waals surface area contributed by atoms with Crippen LogP contribution >= 0.6 is 12.2 Å². The van der Waals surface area contributed by atoms with Crippen LogP contribution in [-0.4, -0.2) is 46.8 Å². The summed E-state index contributed by atoms with van der Waals surface area (Å²) in [5.41, 5.74) is 0. The molecule has 2 aliphatic heterocycles. The molecule has 3 heterocycles. The summed E-state index contributed by atoms with van der Waals surface area (Å²) in [6, 6.07) is 3.23. The highest BCUT2D eigenvalue weighted by Gasteiger charge is 2.25. The summed E-state index contributed by atoms with van der Waals surface area (Å²) in [6.45, 7) is 7.84. The lowest BCUT2D eigenvalue weighted by atomic mass is 9.99. The van der Waals surface area contributed by atoms with Gasteiger partial charge in [0.05, 0.1) is 0 Å². The molecule has 0 radical (unpaired) electrons. The van der Waals surface area contributed by atoms with Crippen LogP contribution in [0.4, 0.5) is 17.6 Å². The smallest absolute Gasteiger partial charge is 0.232 e. The maximum absolute atomic E-state index is 5.46. The molecule has 2 N–H and O–H groups in total. The van der Waals surface area contributed by atoms with Crippen LogP contribution in [0.2, 0.25) is 0 Å². The Morgan fingerprint density at radius 2 is 1.74 bits per heavy atom. The van der Waals surface area contributed by atoms with E-state index in [2.05, 4.69) is 40.3 Å². The Bertz CT molecular complexity index is 668. The fraction of sp³-hybridized carbons (Fsp3) is 0.750. The van der Waals surface area contributed by atoms with Crippen LogP contribution in [0.5, 0.6) is 0 Å². The number of anilines is 3. The SMILES string of the molecule is CC1CCN(c2cc(N3CCCCC3C)nc(NC(=S)NC3CC3)n2)CC1. The zero-order valence-electron chi connectivity index (χ0n) is 16.6. The number of rotatable bonds is 4. The first-order valence-electron chi connectivity index (χ1n) is 10.6. The summed E-state index contributed by atoms with van der Waals surface area (Å²) >= 11 is 5.46. The topological polar surface area (TPSA) is 56.3 Å². The summed E-state index contributed by atoms with van der Waals surface area (Å²) < 4.78 is 0. The molecule has 27 heavy (non-hydrogen) atoms. The molecule has 148 valence electrons. The highest BCUT2D eigenvalue weighted by Crippen LogP contribution is 2.29. The Morgan fingerprint density at radius 1 is 1.00 bits per heavy atom. The van der Waals surface area contributed by atoms with E-state index in [0.717, 1.165) is 37.2 Å². The molecule has 0 aromatic carbocycles. The largest absolute Gasteiger partial charge is 0.360 e. The molecule has 3 aliphatic rings. The Morgan fingerprint density at radius 3 is 2.44 bits per heavy atom. The van der Waals surface area contributed by atoms with Crippen molar-refractivity contribution in [3.8, 4) is 0 Å². The van der Waals surface area contributed by atoms with Gasteiger partial charge in [0, 0.05) is 37.8 Å². The van der Waals surface area contributed by atoms with Gasteiger partial charge in [-0.2, -0.15) is 9.97 Å². The second kappa shape index (κ2) is 8.17. The normalized spacial score (nSPS) is 24.0. The highest BCUT2D eigenvalue weighted by molar-refractivity contribution is 7.80. The van der Waals surface area contributed by atoms with Crippen molar-refractivity contribution in [3.63, 3.8) is 0 Å². The minimum atomic E-state index is 0.521. The van der Waals surface area contributed by atoms with Gasteiger partial charge in [-0.05, 0) is 70.0 Å². The third-order valence-electron chi connectivity index (χ3n) is 6.04. The van der Waals surface area contributed by atoms with E-state index in [0.29, 0.717) is 23.1 Å². The summed E-state index contributed by atoms with van der Waals surface area (Å²) in [6.07, 6.45) is 8.62. The van der Waals surface area contributed by atoms with Crippen LogP contribution in [0.15, 0.2) is 6.07 Å². The third-order valence-corrected chi connectivity index (χ3v) is 6.26. The van der Waals surface area contributed by atoms with E-state index in [-0.39, 0.29) is 0 Å². The van der Waals surface area contributed by atoms with Crippen LogP contribution < -0.4 is 20.4 Å². The van der Waals surface area contributed by atoms with Crippen molar-refractivity contribution >= 4 is 34.9 Å². The van der Waals surface area contributed by atoms with Gasteiger partial charge in [0.2, 0.25) is 5.95 Å². The summed E-state index contributed by atoms with van der Waals surface area (Å²) in [7, 11) is 0. The van der Waals surface area contributed by atoms with Gasteiger partial charge in [-0.1, -0.05) is 6.92 Å². The summed E-state index contributed by atoms with van der Waals surface area (Å²) in [4.78, 5) is 14.5. The van der Waals surface area contributed by atoms with Gasteiger partial charge in [-0.3, -0.25) is 0 Å². The first-order valence-corrected chi connectivity index (χ1v) is 11.0. The highest BCUT2D eigenvalue weighted by atomic mass is 32.1. The van der Waals surface area contributed by atoms with E-state index < -0.39 is 0 Å². The molecule has 0 bridgehead atoms. The molecule has 1 atom stereocenters. The van der Waals surface area contributed by atoms with Crippen molar-refractivity contribution in [2.75, 3.05) is 34.8 Å². The van der Waals surface area contributed by atoms with Gasteiger partial charge < -0.3 is 20.4 Å². The number of aromatic nitrogens is 2. The molecule has 1 aromatic rings. The van der Waals surface area contributed by atoms with E-state index >= 15 is 0 Å². The first-order chi connectivity index (χ1) is 13.1. The van der Waals surface area contributed by atoms with Crippen molar-refractivity contribution in [2.45, 2.75) is 70.9 Å². The molecule has 0 amide bonds. The number of hydrogen-bond donors (Lipinski definition) is 2. The molecular formula is C20H32N6S. The molecule has 2 saturated heterocycles. The molecule has 7 heteroatoms. The minimum Gasteiger partial charge on any atom is -0.360 e. The lowest BCUT2D eigenvalue weighted by Crippen LogP contribution is -2.39. The van der Waals surface area contributed by atoms with E-state index in [4.69, 9.17) is 22.2 Å². The zero-order chi connectivity index (χ0) is 18.8. The minimum absolute atomic E-state index is 0.521. The van der Waals surface area contributed by atoms with Crippen molar-refractivity contribution in [1.82, 2.24) is 15.3 Å². The van der Waals surface area contributed by atoms with Gasteiger partial charge >= 0.3 is 0 Å². The standard InChI is InChI=1S/C20H32N6S/c1-14-8-11-25(12-9-14)17-13-18(26-10-4-3-5-15(26)2)23-19(22-17)24-20(27)21-16-6-7-16/h13-16H,3-12H2,1-2H3,(H2,21,22,23,24,27). The van der Waals surface area contributed by atoms with Crippen LogP contribution in [0.25, 0.3) is 0 Å². The van der Waals surface area contributed by atoms with Gasteiger partial charge in [-0.25, -0.2) is 0 Å². The molecule has 1 saturated carbocycles. The Hall–Kier alpha value is -1.63. The molecule has 4 rings (SSSR count). The van der Waals surface area contributed by atoms with Gasteiger partial charge in [0.1, 0.15) is 11.6 Å². The predicted octanol–water partition coefficient (Wildman–Crippen LogP) is 3.54. The Kier molecular flexibility index (Phi) is 5.66. The number of nitrogens with zero attached hydrogens (tertiary/aromatic N) is 4. The van der Waals surface area contributed by atoms with Crippen LogP contribution in [0.3, 0.4) is 0 Å². The first kappa shape index (κ1) is 18.7. The second-order valence-corrected chi connectivity index (χ2v) is 8.90. The van der Waals surface area contributed by atoms with E-state index in [1.165, 1.54) is 44.9 Å². The molecule has 1 unspecified atom stereocenters. The van der Waals surface area contributed by atoms with E-state index in [9.17, 15) is 0 Å². The molecule has 1 aromatic heterocycles. The monoisotopic (exact) mass is 388 g/mol. The summed E-state index contributed by atoms with van der Waals surface area (Å²) in [5.74, 6) is 3.48. The van der Waals surface area contributed by atoms with Crippen molar-refractivity contribution in [2.24, 2.45) is 5.92 Å². The molecule has 0 spiro atoms. The number of thiocarbonyl (C=S) groups is 1. The van der Waals surface area contributed by atoms with Crippen molar-refractivity contribution in [1.29, 1.82) is 0 Å². The quantitative estimate of drug-likeness (QED) is 0.765. The lowest BCUT2D eigenvalue weighted by Gasteiger charge is -2.36. The average molecular weight is 389 g/mol. The molecule has 3 fully saturated rings. The number of nitrogens with one attached hydrogen (secondary N) is 2. The van der Waals surface area contributed by atoms with E-state index in [1.807, 2.05) is 0 Å². The zero-order valence-corrected chi connectivity index (χ0v) is 17.4. The van der Waals surface area contributed by atoms with Gasteiger partial charge in [-0.15, -0.1) is 0 Å². The Labute approximate surface area is 168 Å². The maximum atomic E-state index is 5.46. The molecule has 1 aliphatic carbocycles. The fourth-order valence-corrected chi connectivity index (χ4v) is 4.27. The molecular weight excluding hydrogens is 356 g/mol. The predicted molar refractivity (Wildman–Crippen MR) is 116 cm³/mol. The second-order valence-electron chi connectivity index (χ2n) is 8.49. The molecule has 6 nitrogen and oxygen atoms in total. The number of piperidine rings is 2. The lowest BCUT2D eigenvalue weighted by molar-refractivity contribution is 0.436. The van der Waals surface area contributed by atoms with Gasteiger partial charge in [0.15, 0.2) is 5.11 Å². The maximum Gasteiger partial charge on any atom is 0.232 e. The Balaban J connectivity index is 1.57. The van der Waals surface area contributed by atoms with E-state index in [1.54, 1.807) is 0 Å². The van der Waals surface area contributed by atoms with Crippen molar-refractivity contribution < 1.29 is 0 Å². The number of hydrogen-bond acceptors (Lipinski definition) is 5. The summed E-state index contributed by atoms with van der Waals surface area (Å²) in [5, 5.41) is 7.21. The van der Waals surface area contributed by atoms with Gasteiger partial charge in [0.25, 0.3) is 0 Å². The fourth-order valence-electron chi connectivity index (χ4n) is 4.01. The van der Waals surface area contributed by atoms with Crippen LogP contribution in [-0.2, 0) is 0 Å².